The van der Waals surface area contributed by atoms with E-state index in [0.29, 0.717) is 6.61 Å². The molecule has 3 heteroatoms. The van der Waals surface area contributed by atoms with Crippen LogP contribution in [-0.2, 0) is 13.2 Å². The molecule has 0 bridgehead atoms. The van der Waals surface area contributed by atoms with Crippen LogP contribution in [0.15, 0.2) is 42.5 Å². The summed E-state index contributed by atoms with van der Waals surface area (Å²) in [7, 11) is 1.68. The summed E-state index contributed by atoms with van der Waals surface area (Å²) < 4.78 is 11.2. The van der Waals surface area contributed by atoms with Gasteiger partial charge in [0, 0.05) is 12.1 Å². The van der Waals surface area contributed by atoms with Gasteiger partial charge in [-0.1, -0.05) is 36.8 Å². The van der Waals surface area contributed by atoms with E-state index in [1.165, 1.54) is 11.1 Å². The van der Waals surface area contributed by atoms with Crippen molar-refractivity contribution in [3.05, 3.63) is 59.2 Å². The van der Waals surface area contributed by atoms with E-state index in [9.17, 15) is 0 Å². The molecule has 0 amide bonds. The first-order chi connectivity index (χ1) is 10.2. The molecule has 3 nitrogen and oxygen atoms in total. The standard InChI is InChI=1S/C18H23NO2/c1-4-19-12-16-10-14(2)8-9-18(16)21-13-15-6-5-7-17(11-15)20-3/h5-11,19H,4,12-13H2,1-3H3. The SMILES string of the molecule is CCNCc1cc(C)ccc1OCc1cccc(OC)c1. The molecule has 21 heavy (non-hydrogen) atoms. The predicted octanol–water partition coefficient (Wildman–Crippen LogP) is 3.69. The summed E-state index contributed by atoms with van der Waals surface area (Å²) in [6.07, 6.45) is 0. The molecule has 0 radical (unpaired) electrons. The van der Waals surface area contributed by atoms with Crippen molar-refractivity contribution in [2.45, 2.75) is 27.0 Å². The lowest BCUT2D eigenvalue weighted by Gasteiger charge is -2.13. The zero-order valence-corrected chi connectivity index (χ0v) is 13.0. The lowest BCUT2D eigenvalue weighted by molar-refractivity contribution is 0.301. The summed E-state index contributed by atoms with van der Waals surface area (Å²) in [5.41, 5.74) is 3.54. The Morgan fingerprint density at radius 1 is 1.10 bits per heavy atom. The summed E-state index contributed by atoms with van der Waals surface area (Å²) in [5.74, 6) is 1.79. The molecule has 2 aromatic carbocycles. The summed E-state index contributed by atoms with van der Waals surface area (Å²) in [5, 5.41) is 3.35. The van der Waals surface area contributed by atoms with Crippen LogP contribution in [0.4, 0.5) is 0 Å². The lowest BCUT2D eigenvalue weighted by Crippen LogP contribution is -2.13. The molecule has 0 atom stereocenters. The summed E-state index contributed by atoms with van der Waals surface area (Å²) in [6.45, 7) is 6.52. The van der Waals surface area contributed by atoms with E-state index >= 15 is 0 Å². The van der Waals surface area contributed by atoms with Gasteiger partial charge in [0.2, 0.25) is 0 Å². The minimum Gasteiger partial charge on any atom is -0.497 e. The van der Waals surface area contributed by atoms with Crippen LogP contribution >= 0.6 is 0 Å². The molecule has 0 fully saturated rings. The molecular weight excluding hydrogens is 262 g/mol. The van der Waals surface area contributed by atoms with Crippen molar-refractivity contribution in [3.63, 3.8) is 0 Å². The fourth-order valence-corrected chi connectivity index (χ4v) is 2.17. The van der Waals surface area contributed by atoms with Crippen LogP contribution in [0.1, 0.15) is 23.6 Å². The Bertz CT molecular complexity index is 581. The van der Waals surface area contributed by atoms with Gasteiger partial charge in [0.05, 0.1) is 7.11 Å². The van der Waals surface area contributed by atoms with Crippen molar-refractivity contribution in [2.75, 3.05) is 13.7 Å². The van der Waals surface area contributed by atoms with Gasteiger partial charge in [-0.05, 0) is 37.2 Å². The number of nitrogens with one attached hydrogen (secondary N) is 1. The topological polar surface area (TPSA) is 30.5 Å². The van der Waals surface area contributed by atoms with Gasteiger partial charge < -0.3 is 14.8 Å². The fraction of sp³-hybridized carbons (Fsp3) is 0.333. The second kappa shape index (κ2) is 7.70. The summed E-state index contributed by atoms with van der Waals surface area (Å²) in [6, 6.07) is 14.2. The van der Waals surface area contributed by atoms with Crippen molar-refractivity contribution in [3.8, 4) is 11.5 Å². The van der Waals surface area contributed by atoms with Crippen molar-refractivity contribution in [2.24, 2.45) is 0 Å². The van der Waals surface area contributed by atoms with Crippen molar-refractivity contribution in [1.82, 2.24) is 5.32 Å². The molecule has 0 unspecified atom stereocenters. The van der Waals surface area contributed by atoms with Crippen LogP contribution < -0.4 is 14.8 Å². The monoisotopic (exact) mass is 285 g/mol. The van der Waals surface area contributed by atoms with E-state index in [0.717, 1.165) is 30.2 Å². The number of hydrogen-bond donors (Lipinski definition) is 1. The first-order valence-electron chi connectivity index (χ1n) is 7.29. The number of methoxy groups -OCH3 is 1. The molecule has 0 aliphatic rings. The molecule has 0 saturated heterocycles. The van der Waals surface area contributed by atoms with Gasteiger partial charge in [0.1, 0.15) is 18.1 Å². The highest BCUT2D eigenvalue weighted by Crippen LogP contribution is 2.22. The summed E-state index contributed by atoms with van der Waals surface area (Å²) in [4.78, 5) is 0. The summed E-state index contributed by atoms with van der Waals surface area (Å²) >= 11 is 0. The third kappa shape index (κ3) is 4.50. The largest absolute Gasteiger partial charge is 0.497 e. The maximum Gasteiger partial charge on any atom is 0.124 e. The Kier molecular flexibility index (Phi) is 5.64. The third-order valence-electron chi connectivity index (χ3n) is 3.31. The van der Waals surface area contributed by atoms with Crippen LogP contribution in [0, 0.1) is 6.92 Å². The van der Waals surface area contributed by atoms with Gasteiger partial charge in [-0.2, -0.15) is 0 Å². The van der Waals surface area contributed by atoms with Crippen LogP contribution in [-0.4, -0.2) is 13.7 Å². The van der Waals surface area contributed by atoms with Gasteiger partial charge in [-0.3, -0.25) is 0 Å². The van der Waals surface area contributed by atoms with Gasteiger partial charge in [0.15, 0.2) is 0 Å². The van der Waals surface area contributed by atoms with E-state index in [4.69, 9.17) is 9.47 Å². The maximum atomic E-state index is 5.98. The molecule has 1 N–H and O–H groups in total. The van der Waals surface area contributed by atoms with Crippen LogP contribution in [0.25, 0.3) is 0 Å². The van der Waals surface area contributed by atoms with Gasteiger partial charge in [0.25, 0.3) is 0 Å². The quantitative estimate of drug-likeness (QED) is 0.841. The molecule has 0 aliphatic carbocycles. The minimum absolute atomic E-state index is 0.541. The molecule has 0 saturated carbocycles. The first kappa shape index (κ1) is 15.4. The fourth-order valence-electron chi connectivity index (χ4n) is 2.17. The zero-order valence-electron chi connectivity index (χ0n) is 13.0. The smallest absolute Gasteiger partial charge is 0.124 e. The molecule has 0 spiro atoms. The Hall–Kier alpha value is -2.00. The van der Waals surface area contributed by atoms with Crippen molar-refractivity contribution < 1.29 is 9.47 Å². The number of benzene rings is 2. The number of ether oxygens (including phenoxy) is 2. The normalized spacial score (nSPS) is 10.4. The lowest BCUT2D eigenvalue weighted by atomic mass is 10.1. The second-order valence-corrected chi connectivity index (χ2v) is 5.03. The Balaban J connectivity index is 2.07. The average Bonchev–Trinajstić information content (AvgIpc) is 2.52. The van der Waals surface area contributed by atoms with Crippen LogP contribution in [0.2, 0.25) is 0 Å². The van der Waals surface area contributed by atoms with E-state index < -0.39 is 0 Å². The molecule has 0 heterocycles. The third-order valence-corrected chi connectivity index (χ3v) is 3.31. The van der Waals surface area contributed by atoms with Gasteiger partial charge in [-0.25, -0.2) is 0 Å². The van der Waals surface area contributed by atoms with E-state index in [-0.39, 0.29) is 0 Å². The molecule has 112 valence electrons. The average molecular weight is 285 g/mol. The number of hydrogen-bond acceptors (Lipinski definition) is 3. The highest BCUT2D eigenvalue weighted by atomic mass is 16.5. The maximum absolute atomic E-state index is 5.98. The highest BCUT2D eigenvalue weighted by Gasteiger charge is 2.05. The van der Waals surface area contributed by atoms with Gasteiger partial charge in [-0.15, -0.1) is 0 Å². The Morgan fingerprint density at radius 2 is 1.95 bits per heavy atom. The molecular formula is C18H23NO2. The Labute approximate surface area is 126 Å². The molecule has 0 aliphatic heterocycles. The minimum atomic E-state index is 0.541. The van der Waals surface area contributed by atoms with Gasteiger partial charge >= 0.3 is 0 Å². The zero-order chi connectivity index (χ0) is 15.1. The number of rotatable bonds is 7. The van der Waals surface area contributed by atoms with E-state index in [2.05, 4.69) is 31.3 Å². The molecule has 0 aromatic heterocycles. The van der Waals surface area contributed by atoms with E-state index in [1.54, 1.807) is 7.11 Å². The van der Waals surface area contributed by atoms with Crippen molar-refractivity contribution >= 4 is 0 Å². The predicted molar refractivity (Wildman–Crippen MR) is 85.9 cm³/mol. The molecule has 2 aromatic rings. The first-order valence-corrected chi connectivity index (χ1v) is 7.29. The van der Waals surface area contributed by atoms with Crippen LogP contribution in [0.5, 0.6) is 11.5 Å². The van der Waals surface area contributed by atoms with E-state index in [1.807, 2.05) is 30.3 Å². The number of aryl methyl sites for hydroxylation is 1. The molecule has 2 rings (SSSR count). The highest BCUT2D eigenvalue weighted by molar-refractivity contribution is 5.37. The Morgan fingerprint density at radius 3 is 2.71 bits per heavy atom. The van der Waals surface area contributed by atoms with Crippen LogP contribution in [0.3, 0.4) is 0 Å². The second-order valence-electron chi connectivity index (χ2n) is 5.03. The van der Waals surface area contributed by atoms with Crippen molar-refractivity contribution in [1.29, 1.82) is 0 Å².